The van der Waals surface area contributed by atoms with Gasteiger partial charge < -0.3 is 15.4 Å². The average Bonchev–Trinajstić information content (AvgIpc) is 3.31. The highest BCUT2D eigenvalue weighted by molar-refractivity contribution is 9.10. The standard InChI is InChI=1S/C21H24BrN5O2/c1-29-11-10-27-12-16(14-6-3-2-4-7-14)18(13-27)24-21(28)23-17-9-5-8-15-19(17)25-26-20(15)22/h2-9,16,18H,10-13H2,1H3,(H,25,26)(H2,23,24,28). The van der Waals surface area contributed by atoms with E-state index in [4.69, 9.17) is 4.74 Å². The number of H-pyrrole nitrogens is 1. The summed E-state index contributed by atoms with van der Waals surface area (Å²) >= 11 is 3.41. The molecule has 4 rings (SSSR count). The molecule has 0 aliphatic carbocycles. The van der Waals surface area contributed by atoms with Crippen molar-refractivity contribution in [2.24, 2.45) is 0 Å². The van der Waals surface area contributed by atoms with Crippen LogP contribution in [0.5, 0.6) is 0 Å². The fraction of sp³-hybridized carbons (Fsp3) is 0.333. The smallest absolute Gasteiger partial charge is 0.319 e. The van der Waals surface area contributed by atoms with E-state index < -0.39 is 0 Å². The van der Waals surface area contributed by atoms with E-state index >= 15 is 0 Å². The van der Waals surface area contributed by atoms with E-state index in [1.54, 1.807) is 7.11 Å². The summed E-state index contributed by atoms with van der Waals surface area (Å²) in [6, 6.07) is 15.8. The van der Waals surface area contributed by atoms with E-state index in [0.717, 1.165) is 35.1 Å². The van der Waals surface area contributed by atoms with Gasteiger partial charge in [0.25, 0.3) is 0 Å². The molecule has 2 atom stereocenters. The molecule has 7 nitrogen and oxygen atoms in total. The van der Waals surface area contributed by atoms with E-state index in [2.05, 4.69) is 53.8 Å². The number of aromatic nitrogens is 2. The summed E-state index contributed by atoms with van der Waals surface area (Å²) < 4.78 is 5.96. The van der Waals surface area contributed by atoms with Crippen LogP contribution >= 0.6 is 15.9 Å². The number of carbonyl (C=O) groups excluding carboxylic acids is 1. The Morgan fingerprint density at radius 1 is 1.24 bits per heavy atom. The number of hydrogen-bond acceptors (Lipinski definition) is 4. The highest BCUT2D eigenvalue weighted by Crippen LogP contribution is 2.29. The van der Waals surface area contributed by atoms with Crippen molar-refractivity contribution < 1.29 is 9.53 Å². The number of nitrogens with one attached hydrogen (secondary N) is 3. The fourth-order valence-electron chi connectivity index (χ4n) is 3.91. The summed E-state index contributed by atoms with van der Waals surface area (Å²) in [5.41, 5.74) is 2.73. The Hall–Kier alpha value is -2.42. The number of nitrogens with zero attached hydrogens (tertiary/aromatic N) is 2. The van der Waals surface area contributed by atoms with Gasteiger partial charge in [-0.25, -0.2) is 4.79 Å². The lowest BCUT2D eigenvalue weighted by Gasteiger charge is -2.20. The molecular weight excluding hydrogens is 434 g/mol. The first-order valence-electron chi connectivity index (χ1n) is 9.62. The number of rotatable bonds is 6. The van der Waals surface area contributed by atoms with Crippen molar-refractivity contribution in [2.45, 2.75) is 12.0 Å². The molecule has 29 heavy (non-hydrogen) atoms. The number of urea groups is 1. The first kappa shape index (κ1) is 19.9. The van der Waals surface area contributed by atoms with Crippen LogP contribution in [0.3, 0.4) is 0 Å². The zero-order valence-electron chi connectivity index (χ0n) is 16.2. The molecule has 1 fully saturated rings. The largest absolute Gasteiger partial charge is 0.383 e. The van der Waals surface area contributed by atoms with Crippen molar-refractivity contribution in [2.75, 3.05) is 38.7 Å². The second-order valence-corrected chi connectivity index (χ2v) is 7.97. The number of halogens is 1. The average molecular weight is 458 g/mol. The molecule has 2 heterocycles. The second kappa shape index (κ2) is 8.94. The topological polar surface area (TPSA) is 82.3 Å². The fourth-order valence-corrected chi connectivity index (χ4v) is 4.33. The molecule has 2 unspecified atom stereocenters. The first-order valence-corrected chi connectivity index (χ1v) is 10.4. The van der Waals surface area contributed by atoms with E-state index in [9.17, 15) is 4.79 Å². The molecule has 8 heteroatoms. The van der Waals surface area contributed by atoms with Crippen molar-refractivity contribution in [3.63, 3.8) is 0 Å². The predicted octanol–water partition coefficient (Wildman–Crippen LogP) is 3.56. The molecule has 1 aliphatic rings. The Kier molecular flexibility index (Phi) is 6.13. The number of ether oxygens (including phenoxy) is 1. The molecule has 0 spiro atoms. The number of methoxy groups -OCH3 is 1. The maximum absolute atomic E-state index is 12.8. The van der Waals surface area contributed by atoms with Crippen LogP contribution in [-0.4, -0.2) is 60.5 Å². The molecule has 0 radical (unpaired) electrons. The molecule has 152 valence electrons. The van der Waals surface area contributed by atoms with Crippen molar-refractivity contribution in [1.82, 2.24) is 20.4 Å². The Labute approximate surface area is 177 Å². The Morgan fingerprint density at radius 2 is 2.07 bits per heavy atom. The quantitative estimate of drug-likeness (QED) is 0.528. The lowest BCUT2D eigenvalue weighted by molar-refractivity contribution is 0.159. The molecule has 0 bridgehead atoms. The van der Waals surface area contributed by atoms with Crippen molar-refractivity contribution >= 4 is 38.6 Å². The molecule has 0 saturated carbocycles. The third-order valence-electron chi connectivity index (χ3n) is 5.35. The molecule has 1 saturated heterocycles. The lowest BCUT2D eigenvalue weighted by atomic mass is 9.94. The highest BCUT2D eigenvalue weighted by Gasteiger charge is 2.34. The minimum atomic E-state index is -0.220. The van der Waals surface area contributed by atoms with Gasteiger partial charge in [0.15, 0.2) is 0 Å². The summed E-state index contributed by atoms with van der Waals surface area (Å²) in [5.74, 6) is 0.232. The van der Waals surface area contributed by atoms with Crippen LogP contribution in [0, 0.1) is 0 Å². The zero-order valence-corrected chi connectivity index (χ0v) is 17.8. The van der Waals surface area contributed by atoms with Gasteiger partial charge in [-0.1, -0.05) is 36.4 Å². The zero-order chi connectivity index (χ0) is 20.2. The van der Waals surface area contributed by atoms with Gasteiger partial charge in [-0.2, -0.15) is 5.10 Å². The SMILES string of the molecule is COCCN1CC(NC(=O)Nc2cccc3c(Br)n[nH]c23)C(c2ccccc2)C1. The predicted molar refractivity (Wildman–Crippen MR) is 117 cm³/mol. The summed E-state index contributed by atoms with van der Waals surface area (Å²) in [6.45, 7) is 3.20. The van der Waals surface area contributed by atoms with Gasteiger partial charge in [0.2, 0.25) is 0 Å². The first-order chi connectivity index (χ1) is 14.2. The van der Waals surface area contributed by atoms with Crippen LogP contribution in [0.15, 0.2) is 53.1 Å². The van der Waals surface area contributed by atoms with E-state index in [1.807, 2.05) is 36.4 Å². The summed E-state index contributed by atoms with van der Waals surface area (Å²) in [5, 5.41) is 14.2. The summed E-state index contributed by atoms with van der Waals surface area (Å²) in [4.78, 5) is 15.1. The van der Waals surface area contributed by atoms with E-state index in [-0.39, 0.29) is 18.0 Å². The summed E-state index contributed by atoms with van der Waals surface area (Å²) in [6.07, 6.45) is 0. The molecule has 1 aromatic heterocycles. The molecule has 3 N–H and O–H groups in total. The number of fused-ring (bicyclic) bond motifs is 1. The molecule has 2 aromatic carbocycles. The van der Waals surface area contributed by atoms with Gasteiger partial charge in [0.05, 0.1) is 23.9 Å². The minimum absolute atomic E-state index is 0.0157. The highest BCUT2D eigenvalue weighted by atomic mass is 79.9. The van der Waals surface area contributed by atoms with Crippen LogP contribution in [0.1, 0.15) is 11.5 Å². The molecular formula is C21H24BrN5O2. The van der Waals surface area contributed by atoms with Crippen LogP contribution in [-0.2, 0) is 4.74 Å². The van der Waals surface area contributed by atoms with E-state index in [1.165, 1.54) is 5.56 Å². The van der Waals surface area contributed by atoms with Crippen LogP contribution < -0.4 is 10.6 Å². The van der Waals surface area contributed by atoms with Crippen LogP contribution in [0.25, 0.3) is 10.9 Å². The van der Waals surface area contributed by atoms with Crippen molar-refractivity contribution in [1.29, 1.82) is 0 Å². The van der Waals surface area contributed by atoms with Crippen molar-refractivity contribution in [3.8, 4) is 0 Å². The number of aromatic amines is 1. The van der Waals surface area contributed by atoms with Gasteiger partial charge >= 0.3 is 6.03 Å². The Bertz CT molecular complexity index is 978. The monoisotopic (exact) mass is 457 g/mol. The molecule has 1 aliphatic heterocycles. The van der Waals surface area contributed by atoms with Crippen molar-refractivity contribution in [3.05, 3.63) is 58.7 Å². The van der Waals surface area contributed by atoms with Crippen LogP contribution in [0.2, 0.25) is 0 Å². The van der Waals surface area contributed by atoms with Crippen LogP contribution in [0.4, 0.5) is 10.5 Å². The third-order valence-corrected chi connectivity index (χ3v) is 5.96. The number of anilines is 1. The lowest BCUT2D eigenvalue weighted by Crippen LogP contribution is -2.42. The number of hydrogen-bond donors (Lipinski definition) is 3. The Balaban J connectivity index is 1.48. The number of para-hydroxylation sites is 1. The molecule has 2 amide bonds. The van der Waals surface area contributed by atoms with Gasteiger partial charge in [-0.05, 0) is 33.6 Å². The normalized spacial score (nSPS) is 19.5. The number of carbonyl (C=O) groups is 1. The van der Waals surface area contributed by atoms with Gasteiger partial charge in [-0.3, -0.25) is 10.00 Å². The number of benzene rings is 2. The van der Waals surface area contributed by atoms with Gasteiger partial charge in [-0.15, -0.1) is 0 Å². The van der Waals surface area contributed by atoms with E-state index in [0.29, 0.717) is 12.3 Å². The van der Waals surface area contributed by atoms with Gasteiger partial charge in [0.1, 0.15) is 4.60 Å². The second-order valence-electron chi connectivity index (χ2n) is 7.22. The maximum atomic E-state index is 12.8. The summed E-state index contributed by atoms with van der Waals surface area (Å²) in [7, 11) is 1.71. The third kappa shape index (κ3) is 4.44. The molecule has 3 aromatic rings. The number of amides is 2. The minimum Gasteiger partial charge on any atom is -0.383 e. The number of likely N-dealkylation sites (tertiary alicyclic amines) is 1. The maximum Gasteiger partial charge on any atom is 0.319 e. The Morgan fingerprint density at radius 3 is 2.86 bits per heavy atom. The van der Waals surface area contributed by atoms with Gasteiger partial charge in [0, 0.05) is 38.0 Å².